The summed E-state index contributed by atoms with van der Waals surface area (Å²) in [6, 6.07) is 9.54. The van der Waals surface area contributed by atoms with E-state index in [0.717, 1.165) is 64.7 Å². The molecule has 0 spiro atoms. The summed E-state index contributed by atoms with van der Waals surface area (Å²) in [6.07, 6.45) is 16.4. The number of phenolic OH excluding ortho intramolecular Hbond substituents is 1. The molecule has 3 atom stereocenters. The van der Waals surface area contributed by atoms with Crippen molar-refractivity contribution in [3.63, 3.8) is 0 Å². The Morgan fingerprint density at radius 3 is 2.83 bits per heavy atom. The fourth-order valence-corrected chi connectivity index (χ4v) is 8.32. The maximum atomic E-state index is 16.9. The molecule has 0 amide bonds. The molecule has 4 aliphatic rings. The second-order valence-corrected chi connectivity index (χ2v) is 14.3. The quantitative estimate of drug-likeness (QED) is 0.184. The van der Waals surface area contributed by atoms with E-state index in [9.17, 15) is 5.11 Å². The molecule has 242 valence electrons. The number of aromatic hydroxyl groups is 1. The lowest BCUT2D eigenvalue weighted by molar-refractivity contribution is 0.108. The second-order valence-electron chi connectivity index (χ2n) is 14.3. The monoisotopic (exact) mass is 632 g/mol. The summed E-state index contributed by atoms with van der Waals surface area (Å²) in [5.41, 5.74) is 2.63. The number of hydrogen-bond acceptors (Lipinski definition) is 8. The lowest BCUT2D eigenvalue weighted by Crippen LogP contribution is -2.51. The SMILES string of the molecule is C#Cc1cccc2cc(O)cc(-c3ncc4c(N5CC6CCC(C5)N6)nc(OCC56CCCN5C/C(=C\CC(C)C)C6)nc4c3F)c12. The molecular weight excluding hydrogens is 591 g/mol. The summed E-state index contributed by atoms with van der Waals surface area (Å²) in [7, 11) is 0. The van der Waals surface area contributed by atoms with Crippen molar-refractivity contribution in [1.29, 1.82) is 0 Å². The number of rotatable bonds is 7. The van der Waals surface area contributed by atoms with E-state index in [2.05, 4.69) is 45.9 Å². The summed E-state index contributed by atoms with van der Waals surface area (Å²) >= 11 is 0. The van der Waals surface area contributed by atoms with Crippen LogP contribution in [-0.2, 0) is 0 Å². The van der Waals surface area contributed by atoms with Crippen LogP contribution in [0.2, 0.25) is 0 Å². The van der Waals surface area contributed by atoms with Crippen molar-refractivity contribution >= 4 is 27.5 Å². The summed E-state index contributed by atoms with van der Waals surface area (Å²) in [5.74, 6) is 3.40. The number of ether oxygens (including phenoxy) is 1. The molecule has 0 radical (unpaired) electrons. The summed E-state index contributed by atoms with van der Waals surface area (Å²) in [5, 5.41) is 16.2. The Hall–Kier alpha value is -4.26. The van der Waals surface area contributed by atoms with Crippen LogP contribution in [0, 0.1) is 24.1 Å². The molecule has 2 bridgehead atoms. The average molecular weight is 633 g/mol. The molecule has 9 heteroatoms. The van der Waals surface area contributed by atoms with Crippen LogP contribution < -0.4 is 15.0 Å². The molecule has 2 N–H and O–H groups in total. The number of pyridine rings is 1. The molecule has 4 saturated heterocycles. The molecule has 0 aliphatic carbocycles. The predicted octanol–water partition coefficient (Wildman–Crippen LogP) is 6.20. The van der Waals surface area contributed by atoms with E-state index in [0.29, 0.717) is 57.7 Å². The number of nitrogens with one attached hydrogen (secondary N) is 1. The van der Waals surface area contributed by atoms with Gasteiger partial charge in [-0.25, -0.2) is 4.39 Å². The van der Waals surface area contributed by atoms with Crippen LogP contribution in [0.1, 0.15) is 57.9 Å². The van der Waals surface area contributed by atoms with Gasteiger partial charge in [0.1, 0.15) is 29.4 Å². The number of benzene rings is 2. The van der Waals surface area contributed by atoms with Crippen LogP contribution in [0.3, 0.4) is 0 Å². The minimum absolute atomic E-state index is 0.00501. The number of halogens is 1. The molecule has 47 heavy (non-hydrogen) atoms. The molecule has 0 saturated carbocycles. The number of anilines is 1. The lowest BCUT2D eigenvalue weighted by atomic mass is 9.92. The van der Waals surface area contributed by atoms with Crippen molar-refractivity contribution in [2.24, 2.45) is 5.92 Å². The number of aromatic nitrogens is 3. The Labute approximate surface area is 275 Å². The highest BCUT2D eigenvalue weighted by atomic mass is 19.1. The van der Waals surface area contributed by atoms with Gasteiger partial charge in [0.15, 0.2) is 5.82 Å². The highest BCUT2D eigenvalue weighted by Crippen LogP contribution is 2.43. The van der Waals surface area contributed by atoms with Crippen LogP contribution in [0.4, 0.5) is 10.2 Å². The van der Waals surface area contributed by atoms with Crippen LogP contribution in [0.5, 0.6) is 11.8 Å². The Kier molecular flexibility index (Phi) is 7.53. The van der Waals surface area contributed by atoms with E-state index in [1.165, 1.54) is 11.6 Å². The molecule has 4 aromatic rings. The van der Waals surface area contributed by atoms with Crippen molar-refractivity contribution in [3.8, 4) is 35.4 Å². The van der Waals surface area contributed by atoms with Crippen molar-refractivity contribution < 1.29 is 14.2 Å². The smallest absolute Gasteiger partial charge is 0.319 e. The second kappa shape index (κ2) is 11.8. The largest absolute Gasteiger partial charge is 0.508 e. The van der Waals surface area contributed by atoms with E-state index in [1.807, 2.05) is 18.2 Å². The minimum Gasteiger partial charge on any atom is -0.508 e. The zero-order chi connectivity index (χ0) is 32.3. The Morgan fingerprint density at radius 1 is 1.21 bits per heavy atom. The van der Waals surface area contributed by atoms with Gasteiger partial charge in [-0.3, -0.25) is 9.88 Å². The Bertz CT molecular complexity index is 1940. The highest BCUT2D eigenvalue weighted by Gasteiger charge is 2.47. The average Bonchev–Trinajstić information content (AvgIpc) is 3.73. The van der Waals surface area contributed by atoms with Gasteiger partial charge in [0.05, 0.1) is 10.9 Å². The molecule has 8 rings (SSSR count). The van der Waals surface area contributed by atoms with E-state index in [4.69, 9.17) is 21.1 Å². The molecule has 2 aromatic carbocycles. The summed E-state index contributed by atoms with van der Waals surface area (Å²) in [6.45, 7) is 8.53. The van der Waals surface area contributed by atoms with Crippen LogP contribution in [-0.4, -0.2) is 75.4 Å². The van der Waals surface area contributed by atoms with Gasteiger partial charge in [-0.2, -0.15) is 9.97 Å². The van der Waals surface area contributed by atoms with E-state index < -0.39 is 5.82 Å². The third-order valence-corrected chi connectivity index (χ3v) is 10.6. The van der Waals surface area contributed by atoms with Gasteiger partial charge in [-0.1, -0.05) is 43.5 Å². The number of phenols is 1. The standard InChI is InChI=1S/C38H41FN6O2/c1-4-25-7-5-8-26-15-29(46)16-30(32(25)26)34-33(39)35-31(18-40-34)36(44-20-27-11-12-28(21-44)41-27)43-37(42-35)47-22-38-13-6-14-45(38)19-24(17-38)10-9-23(2)3/h1,5,7-8,10,15-16,18,23,27-28,41,46H,6,9,11-14,17,19-22H2,2-3H3/b24-10-. The Balaban J connectivity index is 1.22. The van der Waals surface area contributed by atoms with Crippen LogP contribution >= 0.6 is 0 Å². The summed E-state index contributed by atoms with van der Waals surface area (Å²) in [4.78, 5) is 19.1. The van der Waals surface area contributed by atoms with Gasteiger partial charge in [-0.05, 0) is 74.6 Å². The number of nitrogens with zero attached hydrogens (tertiary/aromatic N) is 5. The molecule has 6 heterocycles. The first-order valence-electron chi connectivity index (χ1n) is 17.0. The number of fused-ring (bicyclic) bond motifs is 5. The molecule has 3 unspecified atom stereocenters. The number of piperazine rings is 1. The molecular formula is C38H41FN6O2. The van der Waals surface area contributed by atoms with Crippen molar-refractivity contribution in [2.75, 3.05) is 37.7 Å². The van der Waals surface area contributed by atoms with Gasteiger partial charge in [-0.15, -0.1) is 6.42 Å². The zero-order valence-electron chi connectivity index (χ0n) is 27.1. The van der Waals surface area contributed by atoms with E-state index in [1.54, 1.807) is 12.3 Å². The third kappa shape index (κ3) is 5.38. The van der Waals surface area contributed by atoms with E-state index >= 15 is 4.39 Å². The Morgan fingerprint density at radius 2 is 2.04 bits per heavy atom. The predicted molar refractivity (Wildman–Crippen MR) is 183 cm³/mol. The number of allylic oxidation sites excluding steroid dienone is 1. The lowest BCUT2D eigenvalue weighted by Gasteiger charge is -2.34. The normalized spacial score (nSPS) is 24.9. The highest BCUT2D eigenvalue weighted by molar-refractivity contribution is 6.02. The maximum Gasteiger partial charge on any atom is 0.319 e. The van der Waals surface area contributed by atoms with Gasteiger partial charge in [0.25, 0.3) is 0 Å². The first-order chi connectivity index (χ1) is 22.8. The summed E-state index contributed by atoms with van der Waals surface area (Å²) < 4.78 is 23.4. The minimum atomic E-state index is -0.590. The van der Waals surface area contributed by atoms with Crippen molar-refractivity contribution in [2.45, 2.75) is 70.0 Å². The molecule has 4 fully saturated rings. The first-order valence-corrected chi connectivity index (χ1v) is 17.0. The van der Waals surface area contributed by atoms with Gasteiger partial charge in [0.2, 0.25) is 0 Å². The third-order valence-electron chi connectivity index (χ3n) is 10.6. The molecule has 4 aliphatic heterocycles. The molecule has 2 aromatic heterocycles. The zero-order valence-corrected chi connectivity index (χ0v) is 27.1. The molecule has 8 nitrogen and oxygen atoms in total. The number of hydrogen-bond donors (Lipinski definition) is 2. The van der Waals surface area contributed by atoms with Gasteiger partial charge in [0, 0.05) is 54.4 Å². The maximum absolute atomic E-state index is 16.9. The fourth-order valence-electron chi connectivity index (χ4n) is 8.32. The van der Waals surface area contributed by atoms with Crippen molar-refractivity contribution in [1.82, 2.24) is 25.2 Å². The van der Waals surface area contributed by atoms with Crippen molar-refractivity contribution in [3.05, 3.63) is 59.6 Å². The first kappa shape index (κ1) is 30.1. The van der Waals surface area contributed by atoms with Crippen LogP contribution in [0.25, 0.3) is 32.9 Å². The van der Waals surface area contributed by atoms with Gasteiger partial charge < -0.3 is 20.1 Å². The van der Waals surface area contributed by atoms with Crippen LogP contribution in [0.15, 0.2) is 48.2 Å². The van der Waals surface area contributed by atoms with Gasteiger partial charge >= 0.3 is 6.01 Å². The van der Waals surface area contributed by atoms with E-state index in [-0.39, 0.29) is 28.5 Å². The number of terminal acetylenes is 1. The fraction of sp³-hybridized carbons (Fsp3) is 0.447. The topological polar surface area (TPSA) is 86.6 Å².